The van der Waals surface area contributed by atoms with Gasteiger partial charge in [-0.25, -0.2) is 0 Å². The van der Waals surface area contributed by atoms with Gasteiger partial charge in [0, 0.05) is 0 Å². The lowest BCUT2D eigenvalue weighted by Crippen LogP contribution is -2.26. The SMILES string of the molecule is Cc1ccccc1CC(CC(O)C(C)C)C(=O)O. The van der Waals surface area contributed by atoms with Gasteiger partial charge < -0.3 is 10.2 Å². The lowest BCUT2D eigenvalue weighted by atomic mass is 9.89. The Kier molecular flexibility index (Phi) is 5.35. The number of benzene rings is 1. The number of carbonyl (C=O) groups is 1. The maximum Gasteiger partial charge on any atom is 0.306 e. The second-order valence-corrected chi connectivity index (χ2v) is 5.21. The Morgan fingerprint density at radius 3 is 2.39 bits per heavy atom. The largest absolute Gasteiger partial charge is 0.481 e. The van der Waals surface area contributed by atoms with Crippen molar-refractivity contribution in [3.05, 3.63) is 35.4 Å². The van der Waals surface area contributed by atoms with E-state index in [0.717, 1.165) is 11.1 Å². The quantitative estimate of drug-likeness (QED) is 0.816. The summed E-state index contributed by atoms with van der Waals surface area (Å²) in [6.45, 7) is 5.78. The van der Waals surface area contributed by atoms with Crippen molar-refractivity contribution in [1.29, 1.82) is 0 Å². The van der Waals surface area contributed by atoms with Gasteiger partial charge in [-0.15, -0.1) is 0 Å². The third-order valence-corrected chi connectivity index (χ3v) is 3.37. The number of aliphatic hydroxyl groups excluding tert-OH is 1. The molecule has 2 atom stereocenters. The zero-order chi connectivity index (χ0) is 13.7. The van der Waals surface area contributed by atoms with Crippen LogP contribution >= 0.6 is 0 Å². The predicted octanol–water partition coefficient (Wildman–Crippen LogP) is 2.65. The van der Waals surface area contributed by atoms with Crippen molar-refractivity contribution >= 4 is 5.97 Å². The van der Waals surface area contributed by atoms with Crippen molar-refractivity contribution in [1.82, 2.24) is 0 Å². The van der Waals surface area contributed by atoms with Crippen LogP contribution in [-0.2, 0) is 11.2 Å². The summed E-state index contributed by atoms with van der Waals surface area (Å²) >= 11 is 0. The number of aliphatic hydroxyl groups is 1. The molecule has 18 heavy (non-hydrogen) atoms. The van der Waals surface area contributed by atoms with E-state index in [1.807, 2.05) is 45.0 Å². The molecular weight excluding hydrogens is 228 g/mol. The normalized spacial score (nSPS) is 14.5. The number of aliphatic carboxylic acids is 1. The molecule has 0 bridgehead atoms. The van der Waals surface area contributed by atoms with Gasteiger partial charge in [-0.3, -0.25) is 4.79 Å². The summed E-state index contributed by atoms with van der Waals surface area (Å²) in [5.41, 5.74) is 2.14. The maximum absolute atomic E-state index is 11.3. The number of aryl methyl sites for hydroxylation is 1. The van der Waals surface area contributed by atoms with Crippen LogP contribution in [0.25, 0.3) is 0 Å². The van der Waals surface area contributed by atoms with Crippen LogP contribution < -0.4 is 0 Å². The highest BCUT2D eigenvalue weighted by Crippen LogP contribution is 2.20. The molecule has 0 aliphatic heterocycles. The van der Waals surface area contributed by atoms with Crippen molar-refractivity contribution in [3.8, 4) is 0 Å². The Balaban J connectivity index is 2.75. The van der Waals surface area contributed by atoms with E-state index in [9.17, 15) is 15.0 Å². The van der Waals surface area contributed by atoms with Gasteiger partial charge in [-0.1, -0.05) is 38.1 Å². The van der Waals surface area contributed by atoms with Gasteiger partial charge in [0.1, 0.15) is 0 Å². The summed E-state index contributed by atoms with van der Waals surface area (Å²) in [5.74, 6) is -1.27. The van der Waals surface area contributed by atoms with Crippen molar-refractivity contribution in [3.63, 3.8) is 0 Å². The highest BCUT2D eigenvalue weighted by Gasteiger charge is 2.23. The first kappa shape index (κ1) is 14.7. The Morgan fingerprint density at radius 1 is 1.28 bits per heavy atom. The van der Waals surface area contributed by atoms with E-state index < -0.39 is 18.0 Å². The van der Waals surface area contributed by atoms with Crippen molar-refractivity contribution in [2.75, 3.05) is 0 Å². The molecular formula is C15H22O3. The summed E-state index contributed by atoms with van der Waals surface area (Å²) in [7, 11) is 0. The lowest BCUT2D eigenvalue weighted by Gasteiger charge is -2.20. The third kappa shape index (κ3) is 4.15. The zero-order valence-corrected chi connectivity index (χ0v) is 11.3. The molecule has 3 nitrogen and oxygen atoms in total. The molecule has 1 aromatic carbocycles. The van der Waals surface area contributed by atoms with E-state index in [0.29, 0.717) is 12.8 Å². The summed E-state index contributed by atoms with van der Waals surface area (Å²) in [6, 6.07) is 7.79. The zero-order valence-electron chi connectivity index (χ0n) is 11.3. The molecule has 2 N–H and O–H groups in total. The molecule has 0 aliphatic rings. The van der Waals surface area contributed by atoms with E-state index in [1.165, 1.54) is 0 Å². The van der Waals surface area contributed by atoms with Crippen LogP contribution in [0.4, 0.5) is 0 Å². The average molecular weight is 250 g/mol. The summed E-state index contributed by atoms with van der Waals surface area (Å²) in [4.78, 5) is 11.3. The Morgan fingerprint density at radius 2 is 1.89 bits per heavy atom. The Labute approximate surface area is 108 Å². The maximum atomic E-state index is 11.3. The fourth-order valence-electron chi connectivity index (χ4n) is 1.94. The van der Waals surface area contributed by atoms with E-state index in [1.54, 1.807) is 0 Å². The minimum Gasteiger partial charge on any atom is -0.481 e. The fourth-order valence-corrected chi connectivity index (χ4v) is 1.94. The van der Waals surface area contributed by atoms with Gasteiger partial charge >= 0.3 is 5.97 Å². The van der Waals surface area contributed by atoms with Crippen LogP contribution in [0.2, 0.25) is 0 Å². The van der Waals surface area contributed by atoms with Crippen LogP contribution in [-0.4, -0.2) is 22.3 Å². The number of carboxylic acid groups (broad SMARTS) is 1. The molecule has 0 aromatic heterocycles. The molecule has 0 saturated carbocycles. The van der Waals surface area contributed by atoms with Gasteiger partial charge in [0.2, 0.25) is 0 Å². The second kappa shape index (κ2) is 6.55. The molecule has 0 saturated heterocycles. The van der Waals surface area contributed by atoms with Crippen LogP contribution in [0.3, 0.4) is 0 Å². The minimum atomic E-state index is -0.835. The van der Waals surface area contributed by atoms with Crippen LogP contribution in [0.1, 0.15) is 31.4 Å². The third-order valence-electron chi connectivity index (χ3n) is 3.37. The number of rotatable bonds is 6. The molecule has 0 amide bonds. The van der Waals surface area contributed by atoms with Gasteiger partial charge in [-0.05, 0) is 36.8 Å². The monoisotopic (exact) mass is 250 g/mol. The Hall–Kier alpha value is -1.35. The summed E-state index contributed by atoms with van der Waals surface area (Å²) in [6.07, 6.45) is 0.225. The molecule has 2 unspecified atom stereocenters. The van der Waals surface area contributed by atoms with Gasteiger partial charge in [0.25, 0.3) is 0 Å². The highest BCUT2D eigenvalue weighted by molar-refractivity contribution is 5.70. The van der Waals surface area contributed by atoms with Gasteiger partial charge in [0.15, 0.2) is 0 Å². The standard InChI is InChI=1S/C15H22O3/c1-10(2)14(16)9-13(15(17)18)8-12-7-5-4-6-11(12)3/h4-7,10,13-14,16H,8-9H2,1-3H3,(H,17,18). The molecule has 0 spiro atoms. The molecule has 0 radical (unpaired) electrons. The molecule has 3 heteroatoms. The second-order valence-electron chi connectivity index (χ2n) is 5.21. The molecule has 100 valence electrons. The van der Waals surface area contributed by atoms with Crippen LogP contribution in [0, 0.1) is 18.8 Å². The number of hydrogen-bond acceptors (Lipinski definition) is 2. The topological polar surface area (TPSA) is 57.5 Å². The smallest absolute Gasteiger partial charge is 0.306 e. The fraction of sp³-hybridized carbons (Fsp3) is 0.533. The first-order valence-corrected chi connectivity index (χ1v) is 6.37. The first-order chi connectivity index (χ1) is 8.41. The predicted molar refractivity (Wildman–Crippen MR) is 71.5 cm³/mol. The van der Waals surface area contributed by atoms with Crippen molar-refractivity contribution in [2.24, 2.45) is 11.8 Å². The average Bonchev–Trinajstić information content (AvgIpc) is 2.30. The number of hydrogen-bond donors (Lipinski definition) is 2. The first-order valence-electron chi connectivity index (χ1n) is 6.37. The minimum absolute atomic E-state index is 0.0868. The van der Waals surface area contributed by atoms with Crippen molar-refractivity contribution < 1.29 is 15.0 Å². The molecule has 0 aliphatic carbocycles. The Bertz CT molecular complexity index is 398. The van der Waals surface area contributed by atoms with Gasteiger partial charge in [0.05, 0.1) is 12.0 Å². The van der Waals surface area contributed by atoms with E-state index in [4.69, 9.17) is 0 Å². The summed E-state index contributed by atoms with van der Waals surface area (Å²) < 4.78 is 0. The molecule has 1 rings (SSSR count). The lowest BCUT2D eigenvalue weighted by molar-refractivity contribution is -0.143. The van der Waals surface area contributed by atoms with Gasteiger partial charge in [-0.2, -0.15) is 0 Å². The molecule has 0 fully saturated rings. The van der Waals surface area contributed by atoms with E-state index in [2.05, 4.69) is 0 Å². The highest BCUT2D eigenvalue weighted by atomic mass is 16.4. The van der Waals surface area contributed by atoms with Crippen molar-refractivity contribution in [2.45, 2.75) is 39.7 Å². The van der Waals surface area contributed by atoms with Crippen LogP contribution in [0.15, 0.2) is 24.3 Å². The number of carboxylic acids is 1. The van der Waals surface area contributed by atoms with E-state index in [-0.39, 0.29) is 5.92 Å². The molecule has 0 heterocycles. The summed E-state index contributed by atoms with van der Waals surface area (Å²) in [5, 5.41) is 19.1. The molecule has 1 aromatic rings. The van der Waals surface area contributed by atoms with Crippen LogP contribution in [0.5, 0.6) is 0 Å². The van der Waals surface area contributed by atoms with E-state index >= 15 is 0 Å².